The minimum atomic E-state index is -0.319. The number of carbonyl (C=O) groups is 1. The van der Waals surface area contributed by atoms with Crippen molar-refractivity contribution in [2.45, 2.75) is 24.5 Å². The minimum absolute atomic E-state index is 0.0262. The fraction of sp³-hybridized carbons (Fsp3) is 0.615. The van der Waals surface area contributed by atoms with Crippen LogP contribution in [-0.4, -0.2) is 44.7 Å². The molecule has 0 unspecified atom stereocenters. The Labute approximate surface area is 117 Å². The van der Waals surface area contributed by atoms with Crippen LogP contribution in [0.15, 0.2) is 6.20 Å². The first kappa shape index (κ1) is 13.9. The number of nitriles is 1. The van der Waals surface area contributed by atoms with E-state index < -0.39 is 0 Å². The molecule has 0 atom stereocenters. The Morgan fingerprint density at radius 2 is 2.16 bits per heavy atom. The molecule has 0 spiro atoms. The Bertz CT molecular complexity index is 523. The lowest BCUT2D eigenvalue weighted by Gasteiger charge is -2.36. The largest absolute Gasteiger partial charge is 0.338 e. The third kappa shape index (κ3) is 2.61. The van der Waals surface area contributed by atoms with Crippen molar-refractivity contribution in [3.8, 4) is 6.07 Å². The van der Waals surface area contributed by atoms with Crippen LogP contribution in [-0.2, 0) is 7.05 Å². The van der Waals surface area contributed by atoms with Crippen molar-refractivity contribution in [1.82, 2.24) is 14.7 Å². The molecule has 1 aromatic heterocycles. The maximum absolute atomic E-state index is 12.4. The van der Waals surface area contributed by atoms with E-state index in [2.05, 4.69) is 11.2 Å². The summed E-state index contributed by atoms with van der Waals surface area (Å²) in [5.41, 5.74) is 1.42. The van der Waals surface area contributed by atoms with Gasteiger partial charge in [0.05, 0.1) is 17.3 Å². The predicted octanol–water partition coefficient (Wildman–Crippen LogP) is 1.59. The second-order valence-electron chi connectivity index (χ2n) is 4.90. The molecule has 1 aromatic rings. The van der Waals surface area contributed by atoms with E-state index in [9.17, 15) is 10.1 Å². The fourth-order valence-electron chi connectivity index (χ4n) is 2.41. The zero-order valence-electron chi connectivity index (χ0n) is 11.5. The topological polar surface area (TPSA) is 61.9 Å². The van der Waals surface area contributed by atoms with E-state index in [1.54, 1.807) is 22.6 Å². The molecule has 0 bridgehead atoms. The lowest BCUT2D eigenvalue weighted by Crippen LogP contribution is -2.44. The third-order valence-corrected chi connectivity index (χ3v) is 4.98. The van der Waals surface area contributed by atoms with E-state index >= 15 is 0 Å². The number of aromatic nitrogens is 2. The van der Waals surface area contributed by atoms with Gasteiger partial charge in [-0.2, -0.15) is 10.4 Å². The molecule has 0 aromatic carbocycles. The normalized spacial score (nSPS) is 18.1. The van der Waals surface area contributed by atoms with E-state index in [1.165, 1.54) is 0 Å². The summed E-state index contributed by atoms with van der Waals surface area (Å²) in [6.45, 7) is 3.13. The number of amides is 1. The van der Waals surface area contributed by atoms with Gasteiger partial charge in [0, 0.05) is 26.3 Å². The second-order valence-corrected chi connectivity index (χ2v) is 6.09. The number of aryl methyl sites for hydroxylation is 2. The predicted molar refractivity (Wildman–Crippen MR) is 74.9 cm³/mol. The van der Waals surface area contributed by atoms with Crippen LogP contribution >= 0.6 is 11.8 Å². The van der Waals surface area contributed by atoms with E-state index in [4.69, 9.17) is 0 Å². The van der Waals surface area contributed by atoms with Gasteiger partial charge in [-0.25, -0.2) is 0 Å². The maximum Gasteiger partial charge on any atom is 0.257 e. The van der Waals surface area contributed by atoms with Gasteiger partial charge in [0.2, 0.25) is 0 Å². The van der Waals surface area contributed by atoms with Crippen LogP contribution in [0.2, 0.25) is 0 Å². The summed E-state index contributed by atoms with van der Waals surface area (Å²) in [7, 11) is 1.81. The number of hydrogen-bond acceptors (Lipinski definition) is 4. The number of likely N-dealkylation sites (tertiary alicyclic amines) is 1. The van der Waals surface area contributed by atoms with Crippen molar-refractivity contribution in [3.63, 3.8) is 0 Å². The molecule has 1 aliphatic rings. The number of rotatable bonds is 2. The summed E-state index contributed by atoms with van der Waals surface area (Å²) < 4.78 is 1.34. The summed E-state index contributed by atoms with van der Waals surface area (Å²) in [6, 6.07) is 2.39. The standard InChI is InChI=1S/C13H18N4OS/c1-10-11(8-16(2)15-10)12(18)17-6-4-13(9-14,19-3)5-7-17/h8H,4-7H2,1-3H3. The molecule has 0 saturated carbocycles. The van der Waals surface area contributed by atoms with Gasteiger partial charge < -0.3 is 4.90 Å². The van der Waals surface area contributed by atoms with Gasteiger partial charge in [0.25, 0.3) is 5.91 Å². The first-order chi connectivity index (χ1) is 9.01. The van der Waals surface area contributed by atoms with Gasteiger partial charge in [0.1, 0.15) is 4.75 Å². The number of thioether (sulfide) groups is 1. The van der Waals surface area contributed by atoms with Crippen molar-refractivity contribution >= 4 is 17.7 Å². The van der Waals surface area contributed by atoms with Gasteiger partial charge in [-0.05, 0) is 26.0 Å². The van der Waals surface area contributed by atoms with E-state index in [0.717, 1.165) is 18.5 Å². The quantitative estimate of drug-likeness (QED) is 0.824. The van der Waals surface area contributed by atoms with Gasteiger partial charge in [-0.1, -0.05) is 0 Å². The molecule has 2 rings (SSSR count). The van der Waals surface area contributed by atoms with Crippen LogP contribution in [0.1, 0.15) is 28.9 Å². The van der Waals surface area contributed by atoms with Crippen molar-refractivity contribution in [2.75, 3.05) is 19.3 Å². The molecule has 6 heteroatoms. The smallest absolute Gasteiger partial charge is 0.257 e. The Morgan fingerprint density at radius 3 is 2.58 bits per heavy atom. The SMILES string of the molecule is CSC1(C#N)CCN(C(=O)c2cn(C)nc2C)CC1. The highest BCUT2D eigenvalue weighted by atomic mass is 32.2. The number of nitrogens with zero attached hydrogens (tertiary/aromatic N) is 4. The van der Waals surface area contributed by atoms with Crippen molar-refractivity contribution < 1.29 is 4.79 Å². The summed E-state index contributed by atoms with van der Waals surface area (Å²) in [6.07, 6.45) is 5.19. The first-order valence-electron chi connectivity index (χ1n) is 6.27. The van der Waals surface area contributed by atoms with Gasteiger partial charge in [-0.3, -0.25) is 9.48 Å². The average Bonchev–Trinajstić information content (AvgIpc) is 2.77. The van der Waals surface area contributed by atoms with E-state index in [-0.39, 0.29) is 10.7 Å². The maximum atomic E-state index is 12.4. The lowest BCUT2D eigenvalue weighted by molar-refractivity contribution is 0.0716. The molecule has 0 N–H and O–H groups in total. The number of hydrogen-bond donors (Lipinski definition) is 0. The molecule has 19 heavy (non-hydrogen) atoms. The van der Waals surface area contributed by atoms with Crippen LogP contribution in [0.4, 0.5) is 0 Å². The Kier molecular flexibility index (Phi) is 3.85. The van der Waals surface area contributed by atoms with Crippen LogP contribution in [0, 0.1) is 18.3 Å². The summed E-state index contributed by atoms with van der Waals surface area (Å²) in [4.78, 5) is 14.2. The molecule has 102 valence electrons. The van der Waals surface area contributed by atoms with Gasteiger partial charge in [0.15, 0.2) is 0 Å². The van der Waals surface area contributed by atoms with Crippen LogP contribution in [0.25, 0.3) is 0 Å². The number of piperidine rings is 1. The average molecular weight is 278 g/mol. The molecule has 1 fully saturated rings. The lowest BCUT2D eigenvalue weighted by atomic mass is 9.97. The zero-order valence-corrected chi connectivity index (χ0v) is 12.3. The molecule has 2 heterocycles. The Balaban J connectivity index is 2.08. The molecular weight excluding hydrogens is 260 g/mol. The van der Waals surface area contributed by atoms with Gasteiger partial charge >= 0.3 is 0 Å². The van der Waals surface area contributed by atoms with Crippen molar-refractivity contribution in [1.29, 1.82) is 5.26 Å². The molecule has 1 aliphatic heterocycles. The summed E-state index contributed by atoms with van der Waals surface area (Å²) in [5, 5.41) is 13.4. The molecule has 0 aliphatic carbocycles. The Morgan fingerprint density at radius 1 is 1.53 bits per heavy atom. The van der Waals surface area contributed by atoms with Crippen LogP contribution in [0.5, 0.6) is 0 Å². The van der Waals surface area contributed by atoms with Crippen LogP contribution in [0.3, 0.4) is 0 Å². The monoisotopic (exact) mass is 278 g/mol. The second kappa shape index (κ2) is 5.25. The molecule has 1 amide bonds. The first-order valence-corrected chi connectivity index (χ1v) is 7.50. The molecule has 1 saturated heterocycles. The third-order valence-electron chi connectivity index (χ3n) is 3.70. The number of carbonyl (C=O) groups excluding carboxylic acids is 1. The zero-order chi connectivity index (χ0) is 14.0. The fourth-order valence-corrected chi connectivity index (χ4v) is 3.09. The highest BCUT2D eigenvalue weighted by Gasteiger charge is 2.36. The molecule has 5 nitrogen and oxygen atoms in total. The van der Waals surface area contributed by atoms with Crippen molar-refractivity contribution in [2.24, 2.45) is 7.05 Å². The van der Waals surface area contributed by atoms with Gasteiger partial charge in [-0.15, -0.1) is 11.8 Å². The summed E-state index contributed by atoms with van der Waals surface area (Å²) in [5.74, 6) is 0.0262. The van der Waals surface area contributed by atoms with Crippen molar-refractivity contribution in [3.05, 3.63) is 17.5 Å². The van der Waals surface area contributed by atoms with E-state index in [0.29, 0.717) is 18.7 Å². The highest BCUT2D eigenvalue weighted by Crippen LogP contribution is 2.34. The minimum Gasteiger partial charge on any atom is -0.338 e. The summed E-state index contributed by atoms with van der Waals surface area (Å²) >= 11 is 1.59. The Hall–Kier alpha value is -1.48. The highest BCUT2D eigenvalue weighted by molar-refractivity contribution is 8.00. The molecule has 0 radical (unpaired) electrons. The molecular formula is C13H18N4OS. The van der Waals surface area contributed by atoms with E-state index in [1.807, 2.05) is 25.1 Å². The van der Waals surface area contributed by atoms with Crippen LogP contribution < -0.4 is 0 Å².